The molecule has 0 bridgehead atoms. The van der Waals surface area contributed by atoms with Crippen LogP contribution in [0.4, 0.5) is 0 Å². The molecule has 1 unspecified atom stereocenters. The van der Waals surface area contributed by atoms with Crippen LogP contribution in [-0.2, 0) is 20.0 Å². The van der Waals surface area contributed by atoms with Crippen LogP contribution in [0.1, 0.15) is 41.2 Å². The van der Waals surface area contributed by atoms with E-state index in [1.165, 1.54) is 4.88 Å². The van der Waals surface area contributed by atoms with Crippen LogP contribution in [0.3, 0.4) is 0 Å². The Morgan fingerprint density at radius 2 is 2.26 bits per heavy atom. The summed E-state index contributed by atoms with van der Waals surface area (Å²) in [6.45, 7) is 6.88. The number of hydrogen-bond acceptors (Lipinski definition) is 4. The number of thiazole rings is 1. The van der Waals surface area contributed by atoms with Crippen molar-refractivity contribution >= 4 is 22.9 Å². The molecule has 0 aromatic carbocycles. The van der Waals surface area contributed by atoms with Crippen molar-refractivity contribution in [1.29, 1.82) is 0 Å². The summed E-state index contributed by atoms with van der Waals surface area (Å²) in [6, 6.07) is 0.219. The highest BCUT2D eigenvalue weighted by Gasteiger charge is 2.14. The first-order valence-electron chi connectivity index (χ1n) is 6.38. The highest BCUT2D eigenvalue weighted by Crippen LogP contribution is 2.23. The van der Waals surface area contributed by atoms with Crippen molar-refractivity contribution in [2.75, 3.05) is 0 Å². The van der Waals surface area contributed by atoms with Crippen molar-refractivity contribution in [2.24, 2.45) is 7.05 Å². The van der Waals surface area contributed by atoms with Gasteiger partial charge in [-0.25, -0.2) is 4.98 Å². The highest BCUT2D eigenvalue weighted by atomic mass is 35.5. The van der Waals surface area contributed by atoms with Crippen LogP contribution in [0.15, 0.2) is 6.20 Å². The van der Waals surface area contributed by atoms with Gasteiger partial charge in [0, 0.05) is 24.7 Å². The average Bonchev–Trinajstić information content (AvgIpc) is 2.94. The number of nitrogens with zero attached hydrogens (tertiary/aromatic N) is 3. The predicted molar refractivity (Wildman–Crippen MR) is 79.7 cm³/mol. The summed E-state index contributed by atoms with van der Waals surface area (Å²) in [5.41, 5.74) is 1.88. The van der Waals surface area contributed by atoms with E-state index >= 15 is 0 Å². The molecule has 1 atom stereocenters. The van der Waals surface area contributed by atoms with Crippen molar-refractivity contribution in [3.63, 3.8) is 0 Å². The molecule has 19 heavy (non-hydrogen) atoms. The third-order valence-electron chi connectivity index (χ3n) is 3.13. The van der Waals surface area contributed by atoms with Crippen LogP contribution >= 0.6 is 22.9 Å². The van der Waals surface area contributed by atoms with Gasteiger partial charge in [-0.15, -0.1) is 11.3 Å². The smallest absolute Gasteiger partial charge is 0.109 e. The molecule has 104 valence electrons. The fraction of sp³-hybridized carbons (Fsp3) is 0.538. The van der Waals surface area contributed by atoms with Gasteiger partial charge in [0.25, 0.3) is 0 Å². The summed E-state index contributed by atoms with van der Waals surface area (Å²) >= 11 is 7.99. The van der Waals surface area contributed by atoms with Crippen molar-refractivity contribution in [3.8, 4) is 0 Å². The zero-order chi connectivity index (χ0) is 14.0. The molecule has 0 saturated heterocycles. The molecule has 0 fully saturated rings. The lowest BCUT2D eigenvalue weighted by Gasteiger charge is -2.11. The quantitative estimate of drug-likeness (QED) is 0.921. The third kappa shape index (κ3) is 3.16. The first kappa shape index (κ1) is 14.5. The van der Waals surface area contributed by atoms with E-state index in [0.717, 1.165) is 27.8 Å². The Labute approximate surface area is 122 Å². The summed E-state index contributed by atoms with van der Waals surface area (Å²) in [7, 11) is 1.92. The largest absolute Gasteiger partial charge is 0.302 e. The molecule has 4 nitrogen and oxygen atoms in total. The summed E-state index contributed by atoms with van der Waals surface area (Å²) in [5, 5.41) is 9.62. The van der Waals surface area contributed by atoms with E-state index in [1.54, 1.807) is 11.3 Å². The van der Waals surface area contributed by atoms with Gasteiger partial charge in [0.2, 0.25) is 0 Å². The molecule has 0 radical (unpaired) electrons. The number of aryl methyl sites for hydroxylation is 3. The minimum Gasteiger partial charge on any atom is -0.302 e. The molecule has 0 amide bonds. The maximum Gasteiger partial charge on any atom is 0.109 e. The van der Waals surface area contributed by atoms with E-state index in [-0.39, 0.29) is 6.04 Å². The lowest BCUT2D eigenvalue weighted by Crippen LogP contribution is -2.19. The van der Waals surface area contributed by atoms with Crippen LogP contribution in [-0.4, -0.2) is 14.8 Å². The molecule has 0 aliphatic rings. The van der Waals surface area contributed by atoms with Gasteiger partial charge in [0.1, 0.15) is 5.01 Å². The zero-order valence-corrected chi connectivity index (χ0v) is 13.3. The monoisotopic (exact) mass is 298 g/mol. The Kier molecular flexibility index (Phi) is 4.60. The fourth-order valence-electron chi connectivity index (χ4n) is 1.90. The number of halogens is 1. The summed E-state index contributed by atoms with van der Waals surface area (Å²) in [6.07, 6.45) is 3.00. The van der Waals surface area contributed by atoms with E-state index in [2.05, 4.69) is 29.2 Å². The highest BCUT2D eigenvalue weighted by molar-refractivity contribution is 7.11. The topological polar surface area (TPSA) is 42.7 Å². The molecule has 2 aromatic heterocycles. The van der Waals surface area contributed by atoms with E-state index in [0.29, 0.717) is 6.54 Å². The maximum atomic E-state index is 6.23. The normalized spacial score (nSPS) is 12.9. The lowest BCUT2D eigenvalue weighted by molar-refractivity contribution is 0.546. The van der Waals surface area contributed by atoms with Gasteiger partial charge in [0.15, 0.2) is 0 Å². The Morgan fingerprint density at radius 3 is 2.79 bits per heavy atom. The lowest BCUT2D eigenvalue weighted by atomic mass is 10.3. The summed E-state index contributed by atoms with van der Waals surface area (Å²) in [5.74, 6) is 0. The van der Waals surface area contributed by atoms with Crippen molar-refractivity contribution < 1.29 is 0 Å². The van der Waals surface area contributed by atoms with E-state index < -0.39 is 0 Å². The summed E-state index contributed by atoms with van der Waals surface area (Å²) in [4.78, 5) is 5.77. The van der Waals surface area contributed by atoms with E-state index in [9.17, 15) is 0 Å². The second-order valence-electron chi connectivity index (χ2n) is 4.59. The fourth-order valence-corrected chi connectivity index (χ4v) is 3.01. The molecular formula is C13H19ClN4S. The predicted octanol–water partition coefficient (Wildman–Crippen LogP) is 3.25. The van der Waals surface area contributed by atoms with Gasteiger partial charge in [-0.05, 0) is 20.3 Å². The Morgan fingerprint density at radius 1 is 1.53 bits per heavy atom. The first-order valence-corrected chi connectivity index (χ1v) is 7.58. The molecule has 2 heterocycles. The number of hydrogen-bond donors (Lipinski definition) is 1. The minimum atomic E-state index is 0.219. The second kappa shape index (κ2) is 6.03. The second-order valence-corrected chi connectivity index (χ2v) is 6.12. The van der Waals surface area contributed by atoms with Gasteiger partial charge in [-0.1, -0.05) is 18.5 Å². The molecule has 0 saturated carbocycles. The third-order valence-corrected chi connectivity index (χ3v) is 4.94. The van der Waals surface area contributed by atoms with Gasteiger partial charge < -0.3 is 5.32 Å². The van der Waals surface area contributed by atoms with Crippen molar-refractivity contribution in [1.82, 2.24) is 20.1 Å². The molecule has 0 spiro atoms. The van der Waals surface area contributed by atoms with Gasteiger partial charge in [0.05, 0.1) is 22.5 Å². The minimum absolute atomic E-state index is 0.219. The molecule has 6 heteroatoms. The van der Waals surface area contributed by atoms with Crippen LogP contribution < -0.4 is 5.32 Å². The van der Waals surface area contributed by atoms with E-state index in [4.69, 9.17) is 11.6 Å². The molecule has 2 aromatic rings. The van der Waals surface area contributed by atoms with Gasteiger partial charge in [-0.3, -0.25) is 4.68 Å². The van der Waals surface area contributed by atoms with Gasteiger partial charge in [-0.2, -0.15) is 5.10 Å². The molecule has 1 N–H and O–H groups in total. The van der Waals surface area contributed by atoms with Crippen molar-refractivity contribution in [2.45, 2.75) is 39.8 Å². The molecule has 0 aliphatic carbocycles. The summed E-state index contributed by atoms with van der Waals surface area (Å²) < 4.78 is 1.83. The molecule has 2 rings (SSSR count). The molecule has 0 aliphatic heterocycles. The van der Waals surface area contributed by atoms with Gasteiger partial charge >= 0.3 is 0 Å². The van der Waals surface area contributed by atoms with Crippen LogP contribution in [0.2, 0.25) is 5.02 Å². The first-order chi connectivity index (χ1) is 9.02. The number of rotatable bonds is 5. The maximum absolute atomic E-state index is 6.23. The molecular weight excluding hydrogens is 280 g/mol. The zero-order valence-electron chi connectivity index (χ0n) is 11.7. The van der Waals surface area contributed by atoms with Crippen LogP contribution in [0.25, 0.3) is 0 Å². The SMILES string of the molecule is CCc1cnc(C(C)NCc2c(Cl)c(C)nn2C)s1. The number of aromatic nitrogens is 3. The standard InChI is InChI=1S/C13H19ClN4S/c1-5-10-6-16-13(19-10)9(3)15-7-11-12(14)8(2)17-18(11)4/h6,9,15H,5,7H2,1-4H3. The van der Waals surface area contributed by atoms with Crippen LogP contribution in [0, 0.1) is 6.92 Å². The average molecular weight is 299 g/mol. The van der Waals surface area contributed by atoms with E-state index in [1.807, 2.05) is 24.9 Å². The Hall–Kier alpha value is -0.910. The Balaban J connectivity index is 2.02. The van der Waals surface area contributed by atoms with Crippen molar-refractivity contribution in [3.05, 3.63) is 32.5 Å². The Bertz CT molecular complexity index is 561. The number of nitrogens with one attached hydrogen (secondary N) is 1. The van der Waals surface area contributed by atoms with Crippen LogP contribution in [0.5, 0.6) is 0 Å².